The van der Waals surface area contributed by atoms with Gasteiger partial charge in [0.05, 0.1) is 0 Å². The summed E-state index contributed by atoms with van der Waals surface area (Å²) in [6.45, 7) is 2.47. The zero-order valence-electron chi connectivity index (χ0n) is 8.28. The Labute approximate surface area is 109 Å². The summed E-state index contributed by atoms with van der Waals surface area (Å²) in [5.74, 6) is 0.947. The quantitative estimate of drug-likeness (QED) is 0.438. The normalized spacial score (nSPS) is 44.1. The fraction of sp³-hybridized carbons (Fsp3) is 1.00. The lowest BCUT2D eigenvalue weighted by molar-refractivity contribution is 0.395. The van der Waals surface area contributed by atoms with Gasteiger partial charge in [-0.05, 0) is 31.6 Å². The van der Waals surface area contributed by atoms with Crippen molar-refractivity contribution in [1.29, 1.82) is 0 Å². The highest BCUT2D eigenvalue weighted by Gasteiger charge is 2.53. The Hall–Kier alpha value is 1.46. The second kappa shape index (κ2) is 3.80. The van der Waals surface area contributed by atoms with Gasteiger partial charge in [-0.2, -0.15) is 0 Å². The van der Waals surface area contributed by atoms with Crippen LogP contribution in [0.4, 0.5) is 0 Å². The van der Waals surface area contributed by atoms with Crippen LogP contribution in [0, 0.1) is 5.92 Å². The van der Waals surface area contributed by atoms with Crippen LogP contribution in [-0.4, -0.2) is 6.84 Å². The second-order valence-corrected chi connectivity index (χ2v) is 8.82. The molecule has 2 saturated carbocycles. The summed E-state index contributed by atoms with van der Waals surface area (Å²) < 4.78 is 1.27. The van der Waals surface area contributed by atoms with Gasteiger partial charge in [-0.1, -0.05) is 71.4 Å². The van der Waals surface area contributed by atoms with Crippen LogP contribution in [0.15, 0.2) is 0 Å². The zero-order chi connectivity index (χ0) is 9.53. The van der Waals surface area contributed by atoms with Crippen molar-refractivity contribution in [3.8, 4) is 0 Å². The lowest BCUT2D eigenvalue weighted by Gasteiger charge is -2.41. The molecule has 0 amide bonds. The zero-order valence-corrected chi connectivity index (χ0v) is 12.6. The molecular weight excluding hydrogens is 386 g/mol. The van der Waals surface area contributed by atoms with E-state index >= 15 is 0 Å². The summed E-state index contributed by atoms with van der Waals surface area (Å²) in [5.41, 5.74) is 0. The van der Waals surface area contributed by atoms with Crippen LogP contribution in [0.5, 0.6) is 0 Å². The second-order valence-electron chi connectivity index (χ2n) is 4.83. The molecule has 0 aromatic heterocycles. The topological polar surface area (TPSA) is 0 Å². The van der Waals surface area contributed by atoms with Gasteiger partial charge in [0.15, 0.2) is 0 Å². The number of rotatable bonds is 1. The Balaban J connectivity index is 2.21. The Bertz CT molecular complexity index is 196. The van der Waals surface area contributed by atoms with Crippen LogP contribution in [0.25, 0.3) is 0 Å². The number of hydrogen-bond donors (Lipinski definition) is 0. The maximum absolute atomic E-state index is 2.80. The Morgan fingerprint density at radius 2 is 1.62 bits per heavy atom. The fourth-order valence-electron chi connectivity index (χ4n) is 3.16. The molecule has 0 saturated heterocycles. The molecule has 0 bridgehead atoms. The summed E-state index contributed by atoms with van der Waals surface area (Å²) in [6, 6.07) is 0. The number of halogens is 2. The van der Waals surface area contributed by atoms with Crippen LogP contribution >= 0.6 is 45.2 Å². The van der Waals surface area contributed by atoms with E-state index in [2.05, 4.69) is 52.1 Å². The van der Waals surface area contributed by atoms with Crippen molar-refractivity contribution in [2.45, 2.75) is 58.7 Å². The Morgan fingerprint density at radius 1 is 1.00 bits per heavy atom. The van der Waals surface area contributed by atoms with Gasteiger partial charge in [0, 0.05) is 6.84 Å². The van der Waals surface area contributed by atoms with Crippen molar-refractivity contribution >= 4 is 45.2 Å². The summed E-state index contributed by atoms with van der Waals surface area (Å²) in [4.78, 5) is 0. The molecule has 1 unspecified atom stereocenters. The molecule has 0 aliphatic heterocycles. The molecule has 0 radical (unpaired) electrons. The minimum Gasteiger partial charge on any atom is -0.0774 e. The summed E-state index contributed by atoms with van der Waals surface area (Å²) in [7, 11) is 0. The van der Waals surface area contributed by atoms with Crippen molar-refractivity contribution < 1.29 is 0 Å². The van der Waals surface area contributed by atoms with E-state index in [-0.39, 0.29) is 0 Å². The Morgan fingerprint density at radius 3 is 2.08 bits per heavy atom. The molecule has 2 atom stereocenters. The number of alkyl halides is 2. The molecule has 0 N–H and O–H groups in total. The molecule has 2 fully saturated rings. The predicted octanol–water partition coefficient (Wildman–Crippen LogP) is 4.73. The van der Waals surface area contributed by atoms with Gasteiger partial charge in [0.25, 0.3) is 0 Å². The molecule has 0 aromatic rings. The summed E-state index contributed by atoms with van der Waals surface area (Å²) in [6.07, 6.45) is 10.3. The maximum Gasteiger partial charge on any atom is 0.0393 e. The largest absolute Gasteiger partial charge is 0.0774 e. The molecule has 2 aliphatic carbocycles. The van der Waals surface area contributed by atoms with E-state index in [1.165, 1.54) is 44.9 Å². The smallest absolute Gasteiger partial charge is 0.0393 e. The van der Waals surface area contributed by atoms with Crippen molar-refractivity contribution in [2.24, 2.45) is 5.92 Å². The van der Waals surface area contributed by atoms with Crippen molar-refractivity contribution in [3.05, 3.63) is 0 Å². The third kappa shape index (κ3) is 1.68. The van der Waals surface area contributed by atoms with Crippen LogP contribution in [-0.2, 0) is 0 Å². The van der Waals surface area contributed by atoms with Crippen LogP contribution in [0.2, 0.25) is 0 Å². The lowest BCUT2D eigenvalue weighted by Crippen LogP contribution is -2.44. The first-order valence-corrected chi connectivity index (χ1v) is 7.62. The average Bonchev–Trinajstić information content (AvgIpc) is 2.63. The standard InChI is InChI=1S/C11H18I2/c1-9-5-4-8-11(9,13)10(12)6-2-3-7-10/h9H,2-8H2,1H3/t9-,11?/m1/s1. The van der Waals surface area contributed by atoms with E-state index in [1.54, 1.807) is 0 Å². The molecule has 2 heteroatoms. The highest BCUT2D eigenvalue weighted by Crippen LogP contribution is 2.59. The predicted molar refractivity (Wildman–Crippen MR) is 75.0 cm³/mol. The van der Waals surface area contributed by atoms with E-state index in [0.717, 1.165) is 5.92 Å². The SMILES string of the molecule is C[C@@H]1CCCC1(I)C1(I)CCCC1. The fourth-order valence-corrected chi connectivity index (χ4v) is 5.95. The molecule has 0 spiro atoms. The van der Waals surface area contributed by atoms with Gasteiger partial charge in [0.1, 0.15) is 0 Å². The molecule has 13 heavy (non-hydrogen) atoms. The van der Waals surface area contributed by atoms with Gasteiger partial charge in [-0.15, -0.1) is 0 Å². The molecule has 0 nitrogen and oxygen atoms in total. The summed E-state index contributed by atoms with van der Waals surface area (Å²) in [5, 5.41) is 0. The maximum atomic E-state index is 2.80. The molecule has 0 heterocycles. The average molecular weight is 404 g/mol. The number of hydrogen-bond acceptors (Lipinski definition) is 0. The van der Waals surface area contributed by atoms with E-state index in [4.69, 9.17) is 0 Å². The first kappa shape index (κ1) is 11.0. The highest BCUT2D eigenvalue weighted by atomic mass is 127. The molecular formula is C11H18I2. The monoisotopic (exact) mass is 404 g/mol. The van der Waals surface area contributed by atoms with Crippen molar-refractivity contribution in [3.63, 3.8) is 0 Å². The molecule has 2 rings (SSSR count). The van der Waals surface area contributed by atoms with E-state index in [0.29, 0.717) is 6.84 Å². The minimum atomic E-state index is 0.627. The third-order valence-electron chi connectivity index (χ3n) is 4.10. The van der Waals surface area contributed by atoms with Gasteiger partial charge in [-0.3, -0.25) is 0 Å². The van der Waals surface area contributed by atoms with Gasteiger partial charge in [0.2, 0.25) is 0 Å². The van der Waals surface area contributed by atoms with E-state index in [9.17, 15) is 0 Å². The van der Waals surface area contributed by atoms with Crippen molar-refractivity contribution in [1.82, 2.24) is 0 Å². The van der Waals surface area contributed by atoms with Crippen LogP contribution < -0.4 is 0 Å². The first-order valence-electron chi connectivity index (χ1n) is 5.46. The van der Waals surface area contributed by atoms with Gasteiger partial charge < -0.3 is 0 Å². The van der Waals surface area contributed by atoms with Crippen LogP contribution in [0.1, 0.15) is 51.9 Å². The van der Waals surface area contributed by atoms with Gasteiger partial charge >= 0.3 is 0 Å². The molecule has 0 aromatic carbocycles. The minimum absolute atomic E-state index is 0.627. The van der Waals surface area contributed by atoms with E-state index < -0.39 is 0 Å². The van der Waals surface area contributed by atoms with Crippen LogP contribution in [0.3, 0.4) is 0 Å². The first-order chi connectivity index (χ1) is 6.08. The lowest BCUT2D eigenvalue weighted by atomic mass is 9.83. The summed E-state index contributed by atoms with van der Waals surface area (Å²) >= 11 is 5.59. The molecule has 76 valence electrons. The van der Waals surface area contributed by atoms with E-state index in [1.807, 2.05) is 0 Å². The molecule has 2 aliphatic rings. The van der Waals surface area contributed by atoms with Gasteiger partial charge in [-0.25, -0.2) is 0 Å². The Kier molecular flexibility index (Phi) is 3.20. The van der Waals surface area contributed by atoms with Crippen molar-refractivity contribution in [2.75, 3.05) is 0 Å². The third-order valence-corrected chi connectivity index (χ3v) is 9.81. The highest BCUT2D eigenvalue weighted by molar-refractivity contribution is 14.1.